The maximum absolute atomic E-state index is 12.5. The highest BCUT2D eigenvalue weighted by atomic mass is 19.4. The Balaban J connectivity index is 1.72. The lowest BCUT2D eigenvalue weighted by molar-refractivity contribution is -0.174. The number of rotatable bonds is 9. The van der Waals surface area contributed by atoms with Crippen LogP contribution in [-0.2, 0) is 22.5 Å². The molecule has 1 aliphatic rings. The predicted octanol–water partition coefficient (Wildman–Crippen LogP) is 2.81. The van der Waals surface area contributed by atoms with E-state index >= 15 is 0 Å². The van der Waals surface area contributed by atoms with Gasteiger partial charge >= 0.3 is 6.18 Å². The summed E-state index contributed by atoms with van der Waals surface area (Å²) < 4.78 is 43.8. The Morgan fingerprint density at radius 3 is 2.83 bits per heavy atom. The summed E-state index contributed by atoms with van der Waals surface area (Å²) in [6.07, 6.45) is -0.737. The molecule has 188 valence electrons. The maximum atomic E-state index is 12.5. The molecule has 0 bridgehead atoms. The minimum absolute atomic E-state index is 0.0830. The zero-order valence-electron chi connectivity index (χ0n) is 19.3. The molecule has 0 aliphatic carbocycles. The summed E-state index contributed by atoms with van der Waals surface area (Å²) in [4.78, 5) is 27.5. The van der Waals surface area contributed by atoms with Crippen molar-refractivity contribution in [3.8, 4) is 0 Å². The Labute approximate surface area is 199 Å². The second-order valence-electron chi connectivity index (χ2n) is 8.29. The van der Waals surface area contributed by atoms with Crippen molar-refractivity contribution in [1.82, 2.24) is 24.7 Å². The Kier molecular flexibility index (Phi) is 7.34. The van der Waals surface area contributed by atoms with Crippen molar-refractivity contribution in [2.24, 2.45) is 11.7 Å². The number of nitrogens with one attached hydrogen (secondary N) is 1. The number of ether oxygens (including phenoxy) is 1. The standard InChI is InChI=1S/C22H27F3N8O2/c1-2-15-17-18(33(31-15)10-11-35-13-22(23,24)25)20(28-16-7-3-4-8-27-16)30-21(29-17)32-9-5-6-14(12-32)19(26)34/h3-4,7-8,14H,2,5-6,9-13H2,1H3,(H2,26,34)(H,27,28,29,30). The molecule has 1 amide bonds. The number of alkyl halides is 3. The van der Waals surface area contributed by atoms with Crippen molar-refractivity contribution in [2.45, 2.75) is 38.9 Å². The van der Waals surface area contributed by atoms with Gasteiger partial charge < -0.3 is 20.7 Å². The summed E-state index contributed by atoms with van der Waals surface area (Å²) >= 11 is 0. The van der Waals surface area contributed by atoms with Gasteiger partial charge in [0.05, 0.1) is 24.8 Å². The number of anilines is 3. The molecule has 13 heteroatoms. The van der Waals surface area contributed by atoms with Crippen LogP contribution in [0.25, 0.3) is 11.0 Å². The third-order valence-electron chi connectivity index (χ3n) is 5.71. The number of pyridine rings is 1. The highest BCUT2D eigenvalue weighted by Gasteiger charge is 2.29. The minimum Gasteiger partial charge on any atom is -0.370 e. The van der Waals surface area contributed by atoms with Crippen LogP contribution in [0.4, 0.5) is 30.8 Å². The number of piperidine rings is 1. The Bertz CT molecular complexity index is 1170. The Morgan fingerprint density at radius 2 is 2.14 bits per heavy atom. The topological polar surface area (TPSA) is 124 Å². The van der Waals surface area contributed by atoms with E-state index in [0.717, 1.165) is 6.42 Å². The molecule has 35 heavy (non-hydrogen) atoms. The second-order valence-corrected chi connectivity index (χ2v) is 8.29. The zero-order valence-corrected chi connectivity index (χ0v) is 19.3. The summed E-state index contributed by atoms with van der Waals surface area (Å²) in [5.41, 5.74) is 7.33. The molecular formula is C22H27F3N8O2. The third kappa shape index (κ3) is 5.96. The molecule has 4 rings (SSSR count). The van der Waals surface area contributed by atoms with Crippen molar-refractivity contribution < 1.29 is 22.7 Å². The van der Waals surface area contributed by atoms with Crippen LogP contribution in [0.1, 0.15) is 25.5 Å². The van der Waals surface area contributed by atoms with E-state index in [1.807, 2.05) is 17.9 Å². The molecular weight excluding hydrogens is 465 g/mol. The molecule has 0 saturated carbocycles. The number of nitrogens with zero attached hydrogens (tertiary/aromatic N) is 6. The van der Waals surface area contributed by atoms with Gasteiger partial charge in [0.1, 0.15) is 23.5 Å². The van der Waals surface area contributed by atoms with Crippen LogP contribution >= 0.6 is 0 Å². The van der Waals surface area contributed by atoms with Crippen molar-refractivity contribution in [1.29, 1.82) is 0 Å². The predicted molar refractivity (Wildman–Crippen MR) is 123 cm³/mol. The summed E-state index contributed by atoms with van der Waals surface area (Å²) in [5.74, 6) is 0.710. The van der Waals surface area contributed by atoms with E-state index in [1.54, 1.807) is 23.0 Å². The summed E-state index contributed by atoms with van der Waals surface area (Å²) in [6, 6.07) is 5.36. The van der Waals surface area contributed by atoms with E-state index in [-0.39, 0.29) is 25.0 Å². The van der Waals surface area contributed by atoms with Gasteiger partial charge in [0.2, 0.25) is 11.9 Å². The molecule has 1 atom stereocenters. The van der Waals surface area contributed by atoms with Crippen molar-refractivity contribution in [3.05, 3.63) is 30.1 Å². The number of halogens is 3. The molecule has 1 unspecified atom stereocenters. The van der Waals surface area contributed by atoms with Crippen molar-refractivity contribution in [2.75, 3.05) is 36.5 Å². The molecule has 0 radical (unpaired) electrons. The van der Waals surface area contributed by atoms with Gasteiger partial charge in [-0.25, -0.2) is 9.97 Å². The quantitative estimate of drug-likeness (QED) is 0.437. The van der Waals surface area contributed by atoms with E-state index in [4.69, 9.17) is 20.4 Å². The van der Waals surface area contributed by atoms with Crippen LogP contribution < -0.4 is 16.0 Å². The highest BCUT2D eigenvalue weighted by molar-refractivity contribution is 5.90. The number of nitrogens with two attached hydrogens (primary N) is 1. The van der Waals surface area contributed by atoms with Crippen LogP contribution in [0.5, 0.6) is 0 Å². The van der Waals surface area contributed by atoms with E-state index in [9.17, 15) is 18.0 Å². The maximum Gasteiger partial charge on any atom is 0.411 e. The fourth-order valence-electron chi connectivity index (χ4n) is 4.05. The van der Waals surface area contributed by atoms with E-state index in [1.165, 1.54) is 0 Å². The molecule has 10 nitrogen and oxygen atoms in total. The normalized spacial score (nSPS) is 16.6. The Hall–Kier alpha value is -3.48. The molecule has 4 heterocycles. The average Bonchev–Trinajstić information content (AvgIpc) is 3.20. The molecule has 1 saturated heterocycles. The summed E-state index contributed by atoms with van der Waals surface area (Å²) in [6.45, 7) is 1.56. The molecule has 1 fully saturated rings. The number of aromatic nitrogens is 5. The van der Waals surface area contributed by atoms with Gasteiger partial charge in [-0.15, -0.1) is 0 Å². The molecule has 0 spiro atoms. The van der Waals surface area contributed by atoms with Gasteiger partial charge in [-0.2, -0.15) is 23.3 Å². The second kappa shape index (κ2) is 10.4. The largest absolute Gasteiger partial charge is 0.411 e. The van der Waals surface area contributed by atoms with Gasteiger partial charge in [-0.05, 0) is 31.4 Å². The van der Waals surface area contributed by atoms with Crippen LogP contribution in [0.2, 0.25) is 0 Å². The highest BCUT2D eigenvalue weighted by Crippen LogP contribution is 2.30. The molecule has 3 aromatic rings. The van der Waals surface area contributed by atoms with Crippen LogP contribution in [0.3, 0.4) is 0 Å². The van der Waals surface area contributed by atoms with Crippen molar-refractivity contribution >= 4 is 34.5 Å². The fraction of sp³-hybridized carbons (Fsp3) is 0.500. The van der Waals surface area contributed by atoms with Gasteiger partial charge in [0.25, 0.3) is 0 Å². The number of aryl methyl sites for hydroxylation is 1. The first-order chi connectivity index (χ1) is 16.7. The first-order valence-electron chi connectivity index (χ1n) is 11.4. The number of amides is 1. The lowest BCUT2D eigenvalue weighted by atomic mass is 9.98. The molecule has 3 aromatic heterocycles. The first kappa shape index (κ1) is 24.6. The van der Waals surface area contributed by atoms with E-state index in [0.29, 0.717) is 60.2 Å². The number of fused-ring (bicyclic) bond motifs is 1. The number of hydrogen-bond donors (Lipinski definition) is 2. The lowest BCUT2D eigenvalue weighted by Gasteiger charge is -2.31. The third-order valence-corrected chi connectivity index (χ3v) is 5.71. The SMILES string of the molecule is CCc1nn(CCOCC(F)(F)F)c2c(Nc3ccccn3)nc(N3CCCC(C(N)=O)C3)nc12. The smallest absolute Gasteiger partial charge is 0.370 e. The first-order valence-corrected chi connectivity index (χ1v) is 11.4. The summed E-state index contributed by atoms with van der Waals surface area (Å²) in [5, 5.41) is 7.76. The number of hydrogen-bond acceptors (Lipinski definition) is 8. The lowest BCUT2D eigenvalue weighted by Crippen LogP contribution is -2.42. The van der Waals surface area contributed by atoms with E-state index in [2.05, 4.69) is 15.4 Å². The summed E-state index contributed by atoms with van der Waals surface area (Å²) in [7, 11) is 0. The number of carbonyl (C=O) groups is 1. The molecule has 3 N–H and O–H groups in total. The minimum atomic E-state index is -4.40. The molecule has 0 aromatic carbocycles. The average molecular weight is 493 g/mol. The van der Waals surface area contributed by atoms with Crippen LogP contribution in [-0.4, -0.2) is 63.1 Å². The van der Waals surface area contributed by atoms with Crippen LogP contribution in [0.15, 0.2) is 24.4 Å². The zero-order chi connectivity index (χ0) is 25.0. The number of primary amides is 1. The Morgan fingerprint density at radius 1 is 1.31 bits per heavy atom. The molecule has 1 aliphatic heterocycles. The van der Waals surface area contributed by atoms with Gasteiger partial charge in [-0.1, -0.05) is 13.0 Å². The van der Waals surface area contributed by atoms with Crippen LogP contribution in [0, 0.1) is 5.92 Å². The van der Waals surface area contributed by atoms with E-state index < -0.39 is 12.8 Å². The fourth-order valence-corrected chi connectivity index (χ4v) is 4.05. The monoisotopic (exact) mass is 492 g/mol. The number of carbonyl (C=O) groups excluding carboxylic acids is 1. The van der Waals surface area contributed by atoms with Gasteiger partial charge in [0, 0.05) is 19.3 Å². The van der Waals surface area contributed by atoms with Gasteiger partial charge in [-0.3, -0.25) is 9.48 Å². The van der Waals surface area contributed by atoms with Gasteiger partial charge in [0.15, 0.2) is 5.82 Å². The van der Waals surface area contributed by atoms with Crippen molar-refractivity contribution in [3.63, 3.8) is 0 Å².